The minimum absolute atomic E-state index is 0.220. The third kappa shape index (κ3) is 2.33. The summed E-state index contributed by atoms with van der Waals surface area (Å²) in [6.07, 6.45) is 0.383. The van der Waals surface area contributed by atoms with Crippen LogP contribution in [0.5, 0.6) is 0 Å². The Labute approximate surface area is 95.0 Å². The van der Waals surface area contributed by atoms with Crippen molar-refractivity contribution in [1.82, 2.24) is 10.6 Å². The number of hydrogen-bond acceptors (Lipinski definition) is 3. The first-order chi connectivity index (χ1) is 7.81. The molecule has 0 spiro atoms. The fourth-order valence-corrected chi connectivity index (χ4v) is 2.01. The Bertz CT molecular complexity index is 353. The predicted octanol–water partition coefficient (Wildman–Crippen LogP) is 1.45. The Hall–Kier alpha value is -1.55. The van der Waals surface area contributed by atoms with Crippen molar-refractivity contribution >= 4 is 6.09 Å². The van der Waals surface area contributed by atoms with Crippen molar-refractivity contribution < 1.29 is 9.53 Å². The smallest absolute Gasteiger partial charge is 0.408 e. The first-order valence-corrected chi connectivity index (χ1v) is 5.48. The van der Waals surface area contributed by atoms with Crippen LogP contribution in [0.4, 0.5) is 4.79 Å². The molecule has 0 aromatic heterocycles. The minimum atomic E-state index is -0.389. The Morgan fingerprint density at radius 1 is 1.44 bits per heavy atom. The van der Waals surface area contributed by atoms with E-state index in [0.29, 0.717) is 0 Å². The highest BCUT2D eigenvalue weighted by atomic mass is 16.6. The fourth-order valence-electron chi connectivity index (χ4n) is 2.01. The van der Waals surface area contributed by atoms with Crippen LogP contribution in [-0.4, -0.2) is 25.9 Å². The van der Waals surface area contributed by atoms with Crippen LogP contribution in [0.2, 0.25) is 0 Å². The van der Waals surface area contributed by atoms with Gasteiger partial charge in [0, 0.05) is 13.0 Å². The molecule has 1 aromatic carbocycles. The average Bonchev–Trinajstić information content (AvgIpc) is 2.78. The largest absolute Gasteiger partial charge is 0.430 e. The molecule has 1 heterocycles. The van der Waals surface area contributed by atoms with Gasteiger partial charge in [0.2, 0.25) is 0 Å². The van der Waals surface area contributed by atoms with Gasteiger partial charge in [-0.15, -0.1) is 0 Å². The number of carbonyl (C=O) groups is 1. The molecular formula is C12H16N2O2. The number of carbonyl (C=O) groups excluding carboxylic acids is 1. The van der Waals surface area contributed by atoms with Gasteiger partial charge in [0.1, 0.15) is 0 Å². The molecule has 0 bridgehead atoms. The summed E-state index contributed by atoms with van der Waals surface area (Å²) in [5, 5.41) is 5.65. The molecule has 1 aliphatic heterocycles. The molecule has 4 heteroatoms. The lowest BCUT2D eigenvalue weighted by molar-refractivity contribution is 0.0816. The predicted molar refractivity (Wildman–Crippen MR) is 61.1 cm³/mol. The lowest BCUT2D eigenvalue weighted by Gasteiger charge is -2.19. The third-order valence-corrected chi connectivity index (χ3v) is 2.83. The van der Waals surface area contributed by atoms with Crippen molar-refractivity contribution in [2.24, 2.45) is 0 Å². The Balaban J connectivity index is 2.06. The van der Waals surface area contributed by atoms with Gasteiger partial charge in [0.25, 0.3) is 0 Å². The highest BCUT2D eigenvalue weighted by molar-refractivity contribution is 5.67. The molecule has 1 amide bonds. The van der Waals surface area contributed by atoms with Crippen LogP contribution in [0.15, 0.2) is 30.3 Å². The van der Waals surface area contributed by atoms with E-state index in [4.69, 9.17) is 4.74 Å². The van der Waals surface area contributed by atoms with Crippen LogP contribution >= 0.6 is 0 Å². The quantitative estimate of drug-likeness (QED) is 0.793. The van der Waals surface area contributed by atoms with Gasteiger partial charge in [-0.2, -0.15) is 0 Å². The number of hydrogen-bond donors (Lipinski definition) is 2. The maximum atomic E-state index is 11.2. The normalized spacial score (nSPS) is 24.1. The zero-order chi connectivity index (χ0) is 11.4. The standard InChI is InChI=1S/C12H16N2O2/c1-13-12(15)16-11-10(7-8-14-11)9-5-3-2-4-6-9/h2-6,10-11,14H,7-8H2,1H3,(H,13,15)/t10-,11-/m1/s1. The second-order valence-electron chi connectivity index (χ2n) is 3.84. The van der Waals surface area contributed by atoms with Crippen molar-refractivity contribution in [3.8, 4) is 0 Å². The van der Waals surface area contributed by atoms with Crippen molar-refractivity contribution in [2.45, 2.75) is 18.6 Å². The molecule has 2 atom stereocenters. The van der Waals surface area contributed by atoms with Gasteiger partial charge in [0.15, 0.2) is 6.23 Å². The van der Waals surface area contributed by atoms with Gasteiger partial charge >= 0.3 is 6.09 Å². The molecule has 0 unspecified atom stereocenters. The van der Waals surface area contributed by atoms with Crippen LogP contribution in [0.25, 0.3) is 0 Å². The first kappa shape index (κ1) is 11.0. The minimum Gasteiger partial charge on any atom is -0.430 e. The highest BCUT2D eigenvalue weighted by Gasteiger charge is 2.30. The van der Waals surface area contributed by atoms with Crippen LogP contribution < -0.4 is 10.6 Å². The summed E-state index contributed by atoms with van der Waals surface area (Å²) < 4.78 is 5.27. The van der Waals surface area contributed by atoms with E-state index in [2.05, 4.69) is 22.8 Å². The number of alkyl carbamates (subject to hydrolysis) is 1. The molecule has 1 aliphatic rings. The second-order valence-corrected chi connectivity index (χ2v) is 3.84. The van der Waals surface area contributed by atoms with Crippen molar-refractivity contribution in [3.05, 3.63) is 35.9 Å². The summed E-state index contributed by atoms with van der Waals surface area (Å²) in [7, 11) is 1.56. The molecule has 16 heavy (non-hydrogen) atoms. The fraction of sp³-hybridized carbons (Fsp3) is 0.417. The molecule has 0 aliphatic carbocycles. The number of amides is 1. The molecule has 4 nitrogen and oxygen atoms in total. The maximum absolute atomic E-state index is 11.2. The summed E-state index contributed by atoms with van der Waals surface area (Å²) in [5.41, 5.74) is 1.21. The molecule has 0 saturated carbocycles. The van der Waals surface area contributed by atoms with Crippen LogP contribution in [0, 0.1) is 0 Å². The lowest BCUT2D eigenvalue weighted by atomic mass is 9.97. The highest BCUT2D eigenvalue weighted by Crippen LogP contribution is 2.28. The van der Waals surface area contributed by atoms with E-state index in [-0.39, 0.29) is 18.2 Å². The molecule has 2 N–H and O–H groups in total. The van der Waals surface area contributed by atoms with Crippen molar-refractivity contribution in [1.29, 1.82) is 0 Å². The Morgan fingerprint density at radius 2 is 2.19 bits per heavy atom. The summed E-state index contributed by atoms with van der Waals surface area (Å²) in [4.78, 5) is 11.2. The molecule has 1 aromatic rings. The second kappa shape index (κ2) is 4.99. The summed E-state index contributed by atoms with van der Waals surface area (Å²) in [6.45, 7) is 0.876. The van der Waals surface area contributed by atoms with Gasteiger partial charge in [-0.3, -0.25) is 5.32 Å². The monoisotopic (exact) mass is 220 g/mol. The maximum Gasteiger partial charge on any atom is 0.408 e. The van der Waals surface area contributed by atoms with Gasteiger partial charge < -0.3 is 10.1 Å². The number of benzene rings is 1. The van der Waals surface area contributed by atoms with Crippen LogP contribution in [0.1, 0.15) is 17.9 Å². The van der Waals surface area contributed by atoms with Gasteiger partial charge in [-0.05, 0) is 18.5 Å². The van der Waals surface area contributed by atoms with Crippen molar-refractivity contribution in [3.63, 3.8) is 0 Å². The Kier molecular flexibility index (Phi) is 3.41. The topological polar surface area (TPSA) is 50.4 Å². The van der Waals surface area contributed by atoms with E-state index in [1.165, 1.54) is 5.56 Å². The molecular weight excluding hydrogens is 204 g/mol. The number of nitrogens with one attached hydrogen (secondary N) is 2. The van der Waals surface area contributed by atoms with E-state index >= 15 is 0 Å². The van der Waals surface area contributed by atoms with Crippen LogP contribution in [-0.2, 0) is 4.74 Å². The molecule has 1 saturated heterocycles. The molecule has 86 valence electrons. The number of rotatable bonds is 2. The summed E-state index contributed by atoms with van der Waals surface area (Å²) in [6, 6.07) is 10.1. The van der Waals surface area contributed by atoms with E-state index in [1.807, 2.05) is 18.2 Å². The third-order valence-electron chi connectivity index (χ3n) is 2.83. The van der Waals surface area contributed by atoms with E-state index in [1.54, 1.807) is 7.05 Å². The van der Waals surface area contributed by atoms with Crippen molar-refractivity contribution in [2.75, 3.05) is 13.6 Å². The first-order valence-electron chi connectivity index (χ1n) is 5.48. The zero-order valence-corrected chi connectivity index (χ0v) is 9.27. The number of ether oxygens (including phenoxy) is 1. The van der Waals surface area contributed by atoms with E-state index < -0.39 is 0 Å². The molecule has 1 fully saturated rings. The zero-order valence-electron chi connectivity index (χ0n) is 9.27. The SMILES string of the molecule is CNC(=O)O[C@H]1NCC[C@@H]1c1ccccc1. The van der Waals surface area contributed by atoms with E-state index in [0.717, 1.165) is 13.0 Å². The molecule has 2 rings (SSSR count). The molecule has 0 radical (unpaired) electrons. The van der Waals surface area contributed by atoms with Gasteiger partial charge in [-0.1, -0.05) is 30.3 Å². The van der Waals surface area contributed by atoms with Gasteiger partial charge in [-0.25, -0.2) is 4.79 Å². The Morgan fingerprint density at radius 3 is 2.88 bits per heavy atom. The lowest BCUT2D eigenvalue weighted by Crippen LogP contribution is -2.35. The van der Waals surface area contributed by atoms with Gasteiger partial charge in [0.05, 0.1) is 0 Å². The average molecular weight is 220 g/mol. The van der Waals surface area contributed by atoms with Crippen LogP contribution in [0.3, 0.4) is 0 Å². The van der Waals surface area contributed by atoms with E-state index in [9.17, 15) is 4.79 Å². The summed E-state index contributed by atoms with van der Waals surface area (Å²) in [5.74, 6) is 0.249. The summed E-state index contributed by atoms with van der Waals surface area (Å²) >= 11 is 0.